The number of carbonyl (C=O) groups is 1. The van der Waals surface area contributed by atoms with Crippen molar-refractivity contribution in [1.82, 2.24) is 19.9 Å². The molecule has 3 aromatic heterocycles. The van der Waals surface area contributed by atoms with Gasteiger partial charge in [-0.2, -0.15) is 13.2 Å². The van der Waals surface area contributed by atoms with Crippen LogP contribution in [0.1, 0.15) is 46.2 Å². The Morgan fingerprint density at radius 2 is 1.94 bits per heavy atom. The van der Waals surface area contributed by atoms with Crippen LogP contribution in [0.2, 0.25) is 0 Å². The number of pyridine rings is 1. The number of aromatic amines is 2. The molecule has 1 atom stereocenters. The Bertz CT molecular complexity index is 1290. The third-order valence-corrected chi connectivity index (χ3v) is 5.94. The molecule has 0 saturated carbocycles. The lowest BCUT2D eigenvalue weighted by atomic mass is 9.94. The van der Waals surface area contributed by atoms with Crippen LogP contribution in [0, 0.1) is 6.92 Å². The predicted octanol–water partition coefficient (Wildman–Crippen LogP) is 5.39. The van der Waals surface area contributed by atoms with Crippen molar-refractivity contribution in [3.63, 3.8) is 0 Å². The molecular weight excluding hydrogens is 405 g/mol. The van der Waals surface area contributed by atoms with Crippen molar-refractivity contribution in [2.24, 2.45) is 0 Å². The first-order valence-electron chi connectivity index (χ1n) is 10.2. The van der Waals surface area contributed by atoms with Crippen LogP contribution in [0.15, 0.2) is 42.5 Å². The molecule has 8 heteroatoms. The Morgan fingerprint density at radius 1 is 1.10 bits per heavy atom. The zero-order valence-corrected chi connectivity index (χ0v) is 16.9. The van der Waals surface area contributed by atoms with Crippen molar-refractivity contribution >= 4 is 27.8 Å². The fraction of sp³-hybridized carbons (Fsp3) is 0.304. The number of piperidine rings is 1. The zero-order chi connectivity index (χ0) is 21.8. The molecule has 1 fully saturated rings. The van der Waals surface area contributed by atoms with E-state index in [1.54, 1.807) is 6.07 Å². The highest BCUT2D eigenvalue weighted by atomic mass is 19.4. The third-order valence-electron chi connectivity index (χ3n) is 5.94. The van der Waals surface area contributed by atoms with Crippen LogP contribution in [-0.4, -0.2) is 38.8 Å². The van der Waals surface area contributed by atoms with Crippen LogP contribution in [0.5, 0.6) is 0 Å². The van der Waals surface area contributed by atoms with Gasteiger partial charge in [-0.25, -0.2) is 4.98 Å². The minimum atomic E-state index is -4.47. The Hall–Kier alpha value is -3.29. The maximum Gasteiger partial charge on any atom is 0.433 e. The summed E-state index contributed by atoms with van der Waals surface area (Å²) in [5.41, 5.74) is 3.37. The Labute approximate surface area is 176 Å². The summed E-state index contributed by atoms with van der Waals surface area (Å²) >= 11 is 0. The van der Waals surface area contributed by atoms with Gasteiger partial charge >= 0.3 is 6.18 Å². The second-order valence-electron chi connectivity index (χ2n) is 8.22. The van der Waals surface area contributed by atoms with E-state index in [0.717, 1.165) is 41.1 Å². The van der Waals surface area contributed by atoms with Crippen LogP contribution in [0.25, 0.3) is 21.9 Å². The normalized spacial score (nSPS) is 17.5. The summed E-state index contributed by atoms with van der Waals surface area (Å²) in [6, 6.07) is 11.9. The molecule has 0 aliphatic carbocycles. The van der Waals surface area contributed by atoms with E-state index in [2.05, 4.69) is 15.0 Å². The lowest BCUT2D eigenvalue weighted by Gasteiger charge is -2.32. The minimum Gasteiger partial charge on any atom is -0.357 e. The molecule has 4 aromatic rings. The van der Waals surface area contributed by atoms with Crippen LogP contribution < -0.4 is 0 Å². The molecule has 1 amide bonds. The molecule has 1 saturated heterocycles. The number of H-pyrrole nitrogens is 2. The number of nitrogens with one attached hydrogen (secondary N) is 2. The highest BCUT2D eigenvalue weighted by molar-refractivity contribution is 5.98. The standard InChI is InChI=1S/C23H21F3N4O/c1-13-4-5-14-10-20(28-17(14)9-13)22(31)30-8-2-3-15(12-30)18-11-19-16(27-18)6-7-21(29-19)23(24,25)26/h4-7,9-11,15,27-28H,2-3,8,12H2,1H3. The van der Waals surface area contributed by atoms with E-state index in [0.29, 0.717) is 29.8 Å². The van der Waals surface area contributed by atoms with E-state index in [1.165, 1.54) is 6.07 Å². The highest BCUT2D eigenvalue weighted by Gasteiger charge is 2.33. The van der Waals surface area contributed by atoms with E-state index in [-0.39, 0.29) is 11.8 Å². The van der Waals surface area contributed by atoms with Gasteiger partial charge in [0.2, 0.25) is 0 Å². The molecule has 5 nitrogen and oxygen atoms in total. The number of fused-ring (bicyclic) bond motifs is 2. The second kappa shape index (κ2) is 7.14. The maximum absolute atomic E-state index is 13.1. The summed E-state index contributed by atoms with van der Waals surface area (Å²) in [7, 11) is 0. The van der Waals surface area contributed by atoms with E-state index in [9.17, 15) is 18.0 Å². The molecule has 4 heterocycles. The van der Waals surface area contributed by atoms with Gasteiger partial charge in [0.05, 0.1) is 11.0 Å². The number of alkyl halides is 3. The van der Waals surface area contributed by atoms with Crippen LogP contribution >= 0.6 is 0 Å². The first-order valence-corrected chi connectivity index (χ1v) is 10.2. The van der Waals surface area contributed by atoms with Crippen molar-refractivity contribution in [3.05, 3.63) is 65.1 Å². The average molecular weight is 426 g/mol. The van der Waals surface area contributed by atoms with Crippen molar-refractivity contribution in [2.75, 3.05) is 13.1 Å². The topological polar surface area (TPSA) is 64.8 Å². The molecule has 31 heavy (non-hydrogen) atoms. The van der Waals surface area contributed by atoms with Gasteiger partial charge in [-0.05, 0) is 55.7 Å². The largest absolute Gasteiger partial charge is 0.433 e. The van der Waals surface area contributed by atoms with Crippen molar-refractivity contribution in [2.45, 2.75) is 31.9 Å². The van der Waals surface area contributed by atoms with Gasteiger partial charge in [0.1, 0.15) is 11.4 Å². The summed E-state index contributed by atoms with van der Waals surface area (Å²) < 4.78 is 38.9. The first kappa shape index (κ1) is 19.7. The van der Waals surface area contributed by atoms with Gasteiger partial charge < -0.3 is 14.9 Å². The summed E-state index contributed by atoms with van der Waals surface area (Å²) in [6.07, 6.45) is -2.79. The van der Waals surface area contributed by atoms with Crippen LogP contribution in [-0.2, 0) is 6.18 Å². The molecule has 5 rings (SSSR count). The van der Waals surface area contributed by atoms with Crippen molar-refractivity contribution in [3.8, 4) is 0 Å². The van der Waals surface area contributed by atoms with Gasteiger partial charge in [0, 0.05) is 35.6 Å². The van der Waals surface area contributed by atoms with Crippen molar-refractivity contribution < 1.29 is 18.0 Å². The molecule has 1 aliphatic rings. The summed E-state index contributed by atoms with van der Waals surface area (Å²) in [5.74, 6) is -0.0417. The maximum atomic E-state index is 13.1. The molecule has 1 aliphatic heterocycles. The number of hydrogen-bond acceptors (Lipinski definition) is 2. The number of benzene rings is 1. The minimum absolute atomic E-state index is 0.0212. The molecule has 160 valence electrons. The Kier molecular flexibility index (Phi) is 4.53. The lowest BCUT2D eigenvalue weighted by Crippen LogP contribution is -2.39. The number of aromatic nitrogens is 3. The molecule has 1 unspecified atom stereocenters. The van der Waals surface area contributed by atoms with Gasteiger partial charge in [0.15, 0.2) is 0 Å². The smallest absolute Gasteiger partial charge is 0.357 e. The third kappa shape index (κ3) is 3.66. The number of carbonyl (C=O) groups excluding carboxylic acids is 1. The second-order valence-corrected chi connectivity index (χ2v) is 8.22. The van der Waals surface area contributed by atoms with E-state index in [4.69, 9.17) is 0 Å². The fourth-order valence-corrected chi connectivity index (χ4v) is 4.35. The van der Waals surface area contributed by atoms with E-state index in [1.807, 2.05) is 36.1 Å². The molecule has 1 aromatic carbocycles. The summed E-state index contributed by atoms with van der Waals surface area (Å²) in [5, 5.41) is 0.990. The lowest BCUT2D eigenvalue weighted by molar-refractivity contribution is -0.140. The number of rotatable bonds is 2. The van der Waals surface area contributed by atoms with Crippen molar-refractivity contribution in [1.29, 1.82) is 0 Å². The number of nitrogens with zero attached hydrogens (tertiary/aromatic N) is 2. The predicted molar refractivity (Wildman–Crippen MR) is 112 cm³/mol. The van der Waals surface area contributed by atoms with Crippen LogP contribution in [0.3, 0.4) is 0 Å². The number of aryl methyl sites for hydroxylation is 1. The van der Waals surface area contributed by atoms with Gasteiger partial charge in [-0.15, -0.1) is 0 Å². The molecular formula is C23H21F3N4O. The van der Waals surface area contributed by atoms with Crippen LogP contribution in [0.4, 0.5) is 13.2 Å². The number of halogens is 3. The summed E-state index contributed by atoms with van der Waals surface area (Å²) in [6.45, 7) is 3.16. The molecule has 0 spiro atoms. The monoisotopic (exact) mass is 426 g/mol. The molecule has 0 bridgehead atoms. The summed E-state index contributed by atoms with van der Waals surface area (Å²) in [4.78, 5) is 25.1. The van der Waals surface area contributed by atoms with Gasteiger partial charge in [0.25, 0.3) is 5.91 Å². The molecule has 0 radical (unpaired) electrons. The fourth-order valence-electron chi connectivity index (χ4n) is 4.35. The molecule has 2 N–H and O–H groups in total. The zero-order valence-electron chi connectivity index (χ0n) is 16.9. The SMILES string of the molecule is Cc1ccc2cc(C(=O)N3CCCC(c4cc5nc(C(F)(F)F)ccc5[nH]4)C3)[nH]c2c1. The van der Waals surface area contributed by atoms with E-state index >= 15 is 0 Å². The number of amides is 1. The number of likely N-dealkylation sites (tertiary alicyclic amines) is 1. The van der Waals surface area contributed by atoms with E-state index < -0.39 is 11.9 Å². The Morgan fingerprint density at radius 3 is 2.74 bits per heavy atom. The Balaban J connectivity index is 1.38. The highest BCUT2D eigenvalue weighted by Crippen LogP contribution is 2.32. The quantitative estimate of drug-likeness (QED) is 0.451. The average Bonchev–Trinajstić information content (AvgIpc) is 3.35. The van der Waals surface area contributed by atoms with Gasteiger partial charge in [-0.1, -0.05) is 12.1 Å². The first-order chi connectivity index (χ1) is 14.8. The van der Waals surface area contributed by atoms with Gasteiger partial charge in [-0.3, -0.25) is 4.79 Å². The number of hydrogen-bond donors (Lipinski definition) is 2.